The van der Waals surface area contributed by atoms with Crippen LogP contribution in [0.2, 0.25) is 0 Å². The molecule has 6 nitrogen and oxygen atoms in total. The molecule has 1 aromatic heterocycles. The fraction of sp³-hybridized carbons (Fsp3) is 0.357. The normalized spacial score (nSPS) is 20.3. The van der Waals surface area contributed by atoms with Crippen molar-refractivity contribution in [2.24, 2.45) is 0 Å². The predicted octanol–water partition coefficient (Wildman–Crippen LogP) is 1.67. The number of fused-ring (bicyclic) bond motifs is 1. The Balaban J connectivity index is 1.50. The van der Waals surface area contributed by atoms with Gasteiger partial charge >= 0.3 is 0 Å². The molecule has 0 bridgehead atoms. The van der Waals surface area contributed by atoms with Crippen molar-refractivity contribution in [3.63, 3.8) is 0 Å². The van der Waals surface area contributed by atoms with E-state index in [0.717, 1.165) is 24.9 Å². The number of carbonyl (C=O) groups excluding carboxylic acids is 1. The molecule has 1 atom stereocenters. The lowest BCUT2D eigenvalue weighted by atomic mass is 10.1. The van der Waals surface area contributed by atoms with Gasteiger partial charge < -0.3 is 15.2 Å². The quantitative estimate of drug-likeness (QED) is 0.886. The van der Waals surface area contributed by atoms with Crippen LogP contribution in [0.4, 0.5) is 5.69 Å². The molecule has 1 saturated carbocycles. The number of hydrogen-bond donors (Lipinski definition) is 2. The molecule has 1 unspecified atom stereocenters. The zero-order valence-corrected chi connectivity index (χ0v) is 10.8. The predicted molar refractivity (Wildman–Crippen MR) is 71.3 cm³/mol. The fourth-order valence-electron chi connectivity index (χ4n) is 2.39. The van der Waals surface area contributed by atoms with E-state index in [9.17, 15) is 4.79 Å². The van der Waals surface area contributed by atoms with Crippen LogP contribution in [0.5, 0.6) is 0 Å². The van der Waals surface area contributed by atoms with Gasteiger partial charge in [-0.2, -0.15) is 4.98 Å². The number of nitrogens with one attached hydrogen (secondary N) is 2. The Hall–Kier alpha value is -2.37. The van der Waals surface area contributed by atoms with Gasteiger partial charge in [0.1, 0.15) is 6.04 Å². The SMILES string of the molecule is O=C(NC1CC1)c1noc(C2Cc3ccccc3N2)n1. The molecule has 1 fully saturated rings. The van der Waals surface area contributed by atoms with Gasteiger partial charge in [0, 0.05) is 18.2 Å². The van der Waals surface area contributed by atoms with Gasteiger partial charge in [0.25, 0.3) is 11.7 Å². The highest BCUT2D eigenvalue weighted by molar-refractivity contribution is 5.90. The number of carbonyl (C=O) groups is 1. The summed E-state index contributed by atoms with van der Waals surface area (Å²) in [5, 5.41) is 9.94. The molecule has 2 N–H and O–H groups in total. The van der Waals surface area contributed by atoms with E-state index in [-0.39, 0.29) is 17.8 Å². The summed E-state index contributed by atoms with van der Waals surface area (Å²) in [5.41, 5.74) is 2.30. The molecule has 4 rings (SSSR count). The van der Waals surface area contributed by atoms with Crippen molar-refractivity contribution in [3.05, 3.63) is 41.5 Å². The molecule has 1 amide bonds. The van der Waals surface area contributed by atoms with E-state index in [1.807, 2.05) is 18.2 Å². The highest BCUT2D eigenvalue weighted by Crippen LogP contribution is 2.33. The topological polar surface area (TPSA) is 80.0 Å². The van der Waals surface area contributed by atoms with E-state index in [2.05, 4.69) is 26.8 Å². The standard InChI is InChI=1S/C14H14N4O2/c19-13(15-9-5-6-9)12-17-14(20-18-12)11-7-8-3-1-2-4-10(8)16-11/h1-4,9,11,16H,5-7H2,(H,15,19). The Labute approximate surface area is 115 Å². The molecular weight excluding hydrogens is 256 g/mol. The molecule has 1 aliphatic carbocycles. The van der Waals surface area contributed by atoms with Crippen molar-refractivity contribution < 1.29 is 9.32 Å². The Morgan fingerprint density at radius 1 is 1.35 bits per heavy atom. The first-order chi connectivity index (χ1) is 9.79. The van der Waals surface area contributed by atoms with Crippen molar-refractivity contribution in [1.29, 1.82) is 0 Å². The van der Waals surface area contributed by atoms with E-state index in [1.54, 1.807) is 0 Å². The van der Waals surface area contributed by atoms with Crippen molar-refractivity contribution in [2.45, 2.75) is 31.3 Å². The molecule has 2 aromatic rings. The van der Waals surface area contributed by atoms with E-state index in [4.69, 9.17) is 4.52 Å². The van der Waals surface area contributed by atoms with Crippen LogP contribution in [0.15, 0.2) is 28.8 Å². The van der Waals surface area contributed by atoms with Crippen LogP contribution in [0.25, 0.3) is 0 Å². The summed E-state index contributed by atoms with van der Waals surface area (Å²) in [5.74, 6) is 0.324. The lowest BCUT2D eigenvalue weighted by molar-refractivity contribution is 0.0937. The second-order valence-corrected chi connectivity index (χ2v) is 5.26. The van der Waals surface area contributed by atoms with Gasteiger partial charge in [-0.25, -0.2) is 0 Å². The number of benzene rings is 1. The largest absolute Gasteiger partial charge is 0.373 e. The lowest BCUT2D eigenvalue weighted by Crippen LogP contribution is -2.26. The third kappa shape index (κ3) is 2.03. The van der Waals surface area contributed by atoms with Crippen molar-refractivity contribution in [3.8, 4) is 0 Å². The third-order valence-electron chi connectivity index (χ3n) is 3.63. The number of rotatable bonds is 3. The van der Waals surface area contributed by atoms with Gasteiger partial charge in [-0.05, 0) is 24.5 Å². The number of amides is 1. The number of para-hydroxylation sites is 1. The molecule has 0 spiro atoms. The van der Waals surface area contributed by atoms with E-state index in [1.165, 1.54) is 5.56 Å². The molecular formula is C14H14N4O2. The van der Waals surface area contributed by atoms with Gasteiger partial charge in [-0.15, -0.1) is 0 Å². The Kier molecular flexibility index (Phi) is 2.48. The Morgan fingerprint density at radius 2 is 2.20 bits per heavy atom. The summed E-state index contributed by atoms with van der Waals surface area (Å²) in [7, 11) is 0. The maximum absolute atomic E-state index is 11.8. The van der Waals surface area contributed by atoms with Crippen LogP contribution in [0.3, 0.4) is 0 Å². The van der Waals surface area contributed by atoms with Crippen LogP contribution in [0.1, 0.15) is 41.0 Å². The molecule has 2 heterocycles. The molecule has 20 heavy (non-hydrogen) atoms. The zero-order valence-electron chi connectivity index (χ0n) is 10.8. The minimum atomic E-state index is -0.252. The molecule has 0 saturated heterocycles. The average Bonchev–Trinajstić information content (AvgIpc) is 3.00. The molecule has 2 aliphatic rings. The highest BCUT2D eigenvalue weighted by Gasteiger charge is 2.29. The second kappa shape index (κ2) is 4.33. The van der Waals surface area contributed by atoms with E-state index >= 15 is 0 Å². The molecule has 1 aromatic carbocycles. The van der Waals surface area contributed by atoms with Gasteiger partial charge in [-0.3, -0.25) is 4.79 Å². The Morgan fingerprint density at radius 3 is 3.00 bits per heavy atom. The fourth-order valence-corrected chi connectivity index (χ4v) is 2.39. The van der Waals surface area contributed by atoms with E-state index < -0.39 is 0 Å². The van der Waals surface area contributed by atoms with Crippen LogP contribution >= 0.6 is 0 Å². The number of anilines is 1. The van der Waals surface area contributed by atoms with Crippen LogP contribution < -0.4 is 10.6 Å². The monoisotopic (exact) mass is 270 g/mol. The van der Waals surface area contributed by atoms with Gasteiger partial charge in [0.05, 0.1) is 0 Å². The van der Waals surface area contributed by atoms with Gasteiger partial charge in [0.15, 0.2) is 0 Å². The third-order valence-corrected chi connectivity index (χ3v) is 3.63. The smallest absolute Gasteiger partial charge is 0.292 e. The second-order valence-electron chi connectivity index (χ2n) is 5.26. The lowest BCUT2D eigenvalue weighted by Gasteiger charge is -2.04. The summed E-state index contributed by atoms with van der Waals surface area (Å²) < 4.78 is 5.22. The molecule has 1 aliphatic heterocycles. The van der Waals surface area contributed by atoms with Gasteiger partial charge in [-0.1, -0.05) is 23.4 Å². The number of aromatic nitrogens is 2. The zero-order chi connectivity index (χ0) is 13.5. The molecule has 102 valence electrons. The molecule has 6 heteroatoms. The maximum atomic E-state index is 11.8. The van der Waals surface area contributed by atoms with Gasteiger partial charge in [0.2, 0.25) is 5.89 Å². The summed E-state index contributed by atoms with van der Waals surface area (Å²) in [6.07, 6.45) is 2.87. The first-order valence-corrected chi connectivity index (χ1v) is 6.78. The maximum Gasteiger partial charge on any atom is 0.292 e. The summed E-state index contributed by atoms with van der Waals surface area (Å²) >= 11 is 0. The number of nitrogens with zero attached hydrogens (tertiary/aromatic N) is 2. The first-order valence-electron chi connectivity index (χ1n) is 6.78. The van der Waals surface area contributed by atoms with Crippen molar-refractivity contribution >= 4 is 11.6 Å². The van der Waals surface area contributed by atoms with E-state index in [0.29, 0.717) is 11.9 Å². The first kappa shape index (κ1) is 11.5. The molecule has 0 radical (unpaired) electrons. The summed E-state index contributed by atoms with van der Waals surface area (Å²) in [6, 6.07) is 8.31. The van der Waals surface area contributed by atoms with Crippen LogP contribution in [-0.4, -0.2) is 22.1 Å². The summed E-state index contributed by atoms with van der Waals surface area (Å²) in [6.45, 7) is 0. The average molecular weight is 270 g/mol. The minimum absolute atomic E-state index is 0.0534. The van der Waals surface area contributed by atoms with Crippen molar-refractivity contribution in [2.75, 3.05) is 5.32 Å². The highest BCUT2D eigenvalue weighted by atomic mass is 16.5. The van der Waals surface area contributed by atoms with Crippen molar-refractivity contribution in [1.82, 2.24) is 15.5 Å². The van der Waals surface area contributed by atoms with Crippen LogP contribution in [-0.2, 0) is 6.42 Å². The Bertz CT molecular complexity index is 638. The summed E-state index contributed by atoms with van der Waals surface area (Å²) in [4.78, 5) is 16.0. The number of hydrogen-bond acceptors (Lipinski definition) is 5. The van der Waals surface area contributed by atoms with Crippen LogP contribution in [0, 0.1) is 0 Å². The minimum Gasteiger partial charge on any atom is -0.373 e.